The van der Waals surface area contributed by atoms with Crippen LogP contribution in [0, 0.1) is 0 Å². The number of pyridine rings is 2. The van der Waals surface area contributed by atoms with Crippen molar-refractivity contribution in [2.24, 2.45) is 0 Å². The number of fused-ring (bicyclic) bond motifs is 1. The molecule has 1 unspecified atom stereocenters. The summed E-state index contributed by atoms with van der Waals surface area (Å²) in [5.41, 5.74) is 1.48. The minimum absolute atomic E-state index is 0. The van der Waals surface area contributed by atoms with Gasteiger partial charge in [0.1, 0.15) is 5.65 Å². The fourth-order valence-corrected chi connectivity index (χ4v) is 3.03. The van der Waals surface area contributed by atoms with E-state index in [9.17, 15) is 4.79 Å². The molecule has 0 radical (unpaired) electrons. The van der Waals surface area contributed by atoms with Crippen molar-refractivity contribution in [1.29, 1.82) is 0 Å². The maximum Gasteiger partial charge on any atom is 0.249 e. The molecule has 4 nitrogen and oxygen atoms in total. The minimum Gasteiger partial charge on any atom is -0.320 e. The van der Waals surface area contributed by atoms with Crippen molar-refractivity contribution in [3.05, 3.63) is 64.6 Å². The summed E-state index contributed by atoms with van der Waals surface area (Å²) in [7, 11) is 1.95. The van der Waals surface area contributed by atoms with Crippen molar-refractivity contribution in [1.82, 2.24) is 15.3 Å². The SMILES string of the molecule is CNCCC1(c2cc(=O)[nH]c3ncccc23)C=CC=CC1.Cl. The van der Waals surface area contributed by atoms with Gasteiger partial charge in [-0.15, -0.1) is 12.4 Å². The summed E-state index contributed by atoms with van der Waals surface area (Å²) in [4.78, 5) is 19.1. The summed E-state index contributed by atoms with van der Waals surface area (Å²) < 4.78 is 0. The molecule has 1 aliphatic rings. The van der Waals surface area contributed by atoms with Crippen LogP contribution in [0.4, 0.5) is 0 Å². The van der Waals surface area contributed by atoms with Crippen LogP contribution in [0.15, 0.2) is 53.5 Å². The molecule has 1 atom stereocenters. The van der Waals surface area contributed by atoms with Gasteiger partial charge in [0.15, 0.2) is 0 Å². The van der Waals surface area contributed by atoms with Gasteiger partial charge in [-0.25, -0.2) is 4.98 Å². The topological polar surface area (TPSA) is 57.8 Å². The number of H-pyrrole nitrogens is 1. The van der Waals surface area contributed by atoms with Gasteiger partial charge in [0.05, 0.1) is 0 Å². The molecule has 0 saturated heterocycles. The second kappa shape index (κ2) is 6.90. The molecule has 2 aromatic rings. The second-order valence-corrected chi connectivity index (χ2v) is 5.45. The Hall–Kier alpha value is -1.91. The van der Waals surface area contributed by atoms with Crippen LogP contribution in [-0.2, 0) is 5.41 Å². The van der Waals surface area contributed by atoms with Gasteiger partial charge in [0.25, 0.3) is 0 Å². The van der Waals surface area contributed by atoms with Crippen molar-refractivity contribution in [2.45, 2.75) is 18.3 Å². The third-order valence-corrected chi connectivity index (χ3v) is 4.12. The van der Waals surface area contributed by atoms with Crippen molar-refractivity contribution < 1.29 is 0 Å². The van der Waals surface area contributed by atoms with Gasteiger partial charge in [-0.05, 0) is 44.1 Å². The van der Waals surface area contributed by atoms with Crippen LogP contribution in [0.2, 0.25) is 0 Å². The van der Waals surface area contributed by atoms with Crippen molar-refractivity contribution in [2.75, 3.05) is 13.6 Å². The van der Waals surface area contributed by atoms with Crippen LogP contribution in [0.5, 0.6) is 0 Å². The molecule has 0 bridgehead atoms. The fourth-order valence-electron chi connectivity index (χ4n) is 3.03. The summed E-state index contributed by atoms with van der Waals surface area (Å²) in [5.74, 6) is 0. The Kier molecular flexibility index (Phi) is 5.16. The van der Waals surface area contributed by atoms with Gasteiger partial charge in [-0.3, -0.25) is 4.79 Å². The zero-order valence-electron chi connectivity index (χ0n) is 12.5. The van der Waals surface area contributed by atoms with Gasteiger partial charge in [0.2, 0.25) is 5.56 Å². The third kappa shape index (κ3) is 2.98. The highest BCUT2D eigenvalue weighted by atomic mass is 35.5. The molecule has 116 valence electrons. The van der Waals surface area contributed by atoms with E-state index in [-0.39, 0.29) is 23.4 Å². The Morgan fingerprint density at radius 1 is 1.41 bits per heavy atom. The number of aromatic nitrogens is 2. The summed E-state index contributed by atoms with van der Waals surface area (Å²) in [6.45, 7) is 0.896. The number of halogens is 1. The molecule has 5 heteroatoms. The lowest BCUT2D eigenvalue weighted by atomic mass is 9.72. The molecule has 2 N–H and O–H groups in total. The van der Waals surface area contributed by atoms with E-state index >= 15 is 0 Å². The van der Waals surface area contributed by atoms with E-state index in [1.807, 2.05) is 19.2 Å². The molecule has 0 saturated carbocycles. The number of nitrogens with one attached hydrogen (secondary N) is 2. The van der Waals surface area contributed by atoms with E-state index in [0.29, 0.717) is 5.65 Å². The molecule has 0 spiro atoms. The molecule has 2 heterocycles. The lowest BCUT2D eigenvalue weighted by Crippen LogP contribution is -2.30. The Morgan fingerprint density at radius 2 is 2.27 bits per heavy atom. The quantitative estimate of drug-likeness (QED) is 0.911. The van der Waals surface area contributed by atoms with E-state index in [4.69, 9.17) is 0 Å². The molecule has 0 amide bonds. The number of aromatic amines is 1. The summed E-state index contributed by atoms with van der Waals surface area (Å²) in [5, 5.41) is 4.23. The predicted molar refractivity (Wildman–Crippen MR) is 92.7 cm³/mol. The highest BCUT2D eigenvalue weighted by molar-refractivity contribution is 5.85. The number of hydrogen-bond acceptors (Lipinski definition) is 3. The summed E-state index contributed by atoms with van der Waals surface area (Å²) in [6, 6.07) is 5.67. The van der Waals surface area contributed by atoms with Gasteiger partial charge < -0.3 is 10.3 Å². The summed E-state index contributed by atoms with van der Waals surface area (Å²) >= 11 is 0. The molecule has 0 fully saturated rings. The molecule has 22 heavy (non-hydrogen) atoms. The predicted octanol–water partition coefficient (Wildman–Crippen LogP) is 2.71. The number of allylic oxidation sites excluding steroid dienone is 4. The zero-order chi connectivity index (χ0) is 14.7. The van der Waals surface area contributed by atoms with E-state index < -0.39 is 0 Å². The Bertz CT molecular complexity index is 766. The summed E-state index contributed by atoms with van der Waals surface area (Å²) in [6.07, 6.45) is 12.1. The van der Waals surface area contributed by atoms with Gasteiger partial charge in [-0.1, -0.05) is 24.3 Å². The standard InChI is InChI=1S/C17H19N3O.ClH/c1-18-11-9-17(7-3-2-4-8-17)14-12-15(21)20-16-13(14)6-5-10-19-16;/h2-7,10,12,18H,8-9,11H2,1H3,(H,19,20,21);1H. The zero-order valence-corrected chi connectivity index (χ0v) is 13.3. The van der Waals surface area contributed by atoms with Crippen LogP contribution >= 0.6 is 12.4 Å². The first-order valence-corrected chi connectivity index (χ1v) is 7.23. The molecule has 2 aromatic heterocycles. The smallest absolute Gasteiger partial charge is 0.249 e. The van der Waals surface area contributed by atoms with Crippen LogP contribution in [-0.4, -0.2) is 23.6 Å². The third-order valence-electron chi connectivity index (χ3n) is 4.12. The molecule has 0 aliphatic heterocycles. The lowest BCUT2D eigenvalue weighted by Gasteiger charge is -2.32. The number of rotatable bonds is 4. The van der Waals surface area contributed by atoms with Crippen molar-refractivity contribution in [3.63, 3.8) is 0 Å². The molecular formula is C17H20ClN3O. The van der Waals surface area contributed by atoms with Crippen LogP contribution < -0.4 is 10.9 Å². The average Bonchev–Trinajstić information content (AvgIpc) is 2.53. The van der Waals surface area contributed by atoms with E-state index in [1.54, 1.807) is 12.3 Å². The highest BCUT2D eigenvalue weighted by Crippen LogP contribution is 2.38. The Labute approximate surface area is 135 Å². The van der Waals surface area contributed by atoms with Crippen LogP contribution in [0.1, 0.15) is 18.4 Å². The Morgan fingerprint density at radius 3 is 3.00 bits per heavy atom. The van der Waals surface area contributed by atoms with E-state index in [2.05, 4.69) is 39.6 Å². The van der Waals surface area contributed by atoms with Crippen molar-refractivity contribution >= 4 is 23.4 Å². The highest BCUT2D eigenvalue weighted by Gasteiger charge is 2.31. The van der Waals surface area contributed by atoms with E-state index in [1.165, 1.54) is 0 Å². The van der Waals surface area contributed by atoms with E-state index in [0.717, 1.165) is 30.3 Å². The van der Waals surface area contributed by atoms with Crippen LogP contribution in [0.25, 0.3) is 11.0 Å². The first-order valence-electron chi connectivity index (χ1n) is 7.23. The first kappa shape index (κ1) is 16.5. The normalized spacial score (nSPS) is 20.0. The van der Waals surface area contributed by atoms with Gasteiger partial charge in [0, 0.05) is 23.1 Å². The second-order valence-electron chi connectivity index (χ2n) is 5.45. The monoisotopic (exact) mass is 317 g/mol. The van der Waals surface area contributed by atoms with Crippen molar-refractivity contribution in [3.8, 4) is 0 Å². The molecular weight excluding hydrogens is 298 g/mol. The van der Waals surface area contributed by atoms with Gasteiger partial charge >= 0.3 is 0 Å². The largest absolute Gasteiger partial charge is 0.320 e. The van der Waals surface area contributed by atoms with Gasteiger partial charge in [-0.2, -0.15) is 0 Å². The Balaban J connectivity index is 0.00000176. The average molecular weight is 318 g/mol. The lowest BCUT2D eigenvalue weighted by molar-refractivity contribution is 0.483. The fraction of sp³-hybridized carbons (Fsp3) is 0.294. The molecule has 3 rings (SSSR count). The maximum absolute atomic E-state index is 12.0. The molecule has 0 aromatic carbocycles. The van der Waals surface area contributed by atoms with Crippen LogP contribution in [0.3, 0.4) is 0 Å². The number of hydrogen-bond donors (Lipinski definition) is 2. The first-order chi connectivity index (χ1) is 10.2. The number of nitrogens with zero attached hydrogens (tertiary/aromatic N) is 1. The minimum atomic E-state index is -0.146. The molecule has 1 aliphatic carbocycles. The maximum atomic E-state index is 12.0.